The molecule has 0 aromatic carbocycles. The highest BCUT2D eigenvalue weighted by molar-refractivity contribution is 7.49. The van der Waals surface area contributed by atoms with E-state index in [0.29, 0.717) is 0 Å². The minimum Gasteiger partial charge on any atom is -0.480 e. The van der Waals surface area contributed by atoms with E-state index in [1.54, 1.807) is 18.9 Å². The molecule has 0 aliphatic carbocycles. The van der Waals surface area contributed by atoms with Crippen LogP contribution in [-0.2, 0) is 14.2 Å². The van der Waals surface area contributed by atoms with Gasteiger partial charge >= 0.3 is 13.7 Å². The summed E-state index contributed by atoms with van der Waals surface area (Å²) in [5, 5.41) is 12.7. The Hall–Kier alpha value is -0.950. The van der Waals surface area contributed by atoms with Crippen LogP contribution in [0.2, 0.25) is 0 Å². The Balaban J connectivity index is 4.22. The van der Waals surface area contributed by atoms with Crippen molar-refractivity contribution in [1.29, 1.82) is 0 Å². The van der Waals surface area contributed by atoms with Crippen molar-refractivity contribution in [2.75, 3.05) is 6.54 Å². The average Bonchev–Trinajstić information content (AvgIpc) is 2.11. The molecule has 0 heterocycles. The van der Waals surface area contributed by atoms with Crippen LogP contribution >= 0.6 is 7.75 Å². The topological polar surface area (TPSA) is 136 Å². The van der Waals surface area contributed by atoms with E-state index < -0.39 is 32.2 Å². The van der Waals surface area contributed by atoms with Crippen molar-refractivity contribution in [3.8, 4) is 0 Å². The lowest BCUT2D eigenvalue weighted by molar-refractivity contribution is -0.142. The van der Waals surface area contributed by atoms with Gasteiger partial charge in [0.05, 0.1) is 6.54 Å². The smallest absolute Gasteiger partial charge is 0.400 e. The van der Waals surface area contributed by atoms with Gasteiger partial charge in [0.15, 0.2) is 0 Å². The molecule has 0 aromatic heterocycles. The van der Waals surface area contributed by atoms with Gasteiger partial charge in [-0.05, 0) is 12.3 Å². The summed E-state index contributed by atoms with van der Waals surface area (Å²) in [5.41, 5.74) is 0. The van der Waals surface area contributed by atoms with E-state index in [2.05, 4.69) is 5.32 Å². The minimum atomic E-state index is -4.47. The Morgan fingerprint density at radius 2 is 1.82 bits per heavy atom. The van der Waals surface area contributed by atoms with Crippen LogP contribution < -0.4 is 10.4 Å². The van der Waals surface area contributed by atoms with Crippen molar-refractivity contribution in [2.24, 2.45) is 5.92 Å². The monoisotopic (exact) mass is 268 g/mol. The Kier molecular flexibility index (Phi) is 6.33. The number of rotatable bonds is 7. The Labute approximate surface area is 98.6 Å². The van der Waals surface area contributed by atoms with Gasteiger partial charge < -0.3 is 20.2 Å². The van der Waals surface area contributed by atoms with Gasteiger partial charge in [-0.3, -0.25) is 4.79 Å². The number of nitrogens with one attached hydrogen (secondary N) is 2. The van der Waals surface area contributed by atoms with Gasteiger partial charge in [-0.2, -0.15) is 0 Å². The molecule has 0 aliphatic rings. The van der Waals surface area contributed by atoms with E-state index in [1.165, 1.54) is 0 Å². The summed E-state index contributed by atoms with van der Waals surface area (Å²) >= 11 is 0. The van der Waals surface area contributed by atoms with Crippen LogP contribution in [0.5, 0.6) is 0 Å². The van der Waals surface area contributed by atoms with Crippen molar-refractivity contribution >= 4 is 19.6 Å². The second kappa shape index (κ2) is 6.70. The lowest BCUT2D eigenvalue weighted by atomic mass is 10.0. The Morgan fingerprint density at radius 3 is 2.18 bits per heavy atom. The van der Waals surface area contributed by atoms with E-state index in [4.69, 9.17) is 14.9 Å². The fraction of sp³-hybridized carbons (Fsp3) is 0.750. The molecular weight excluding hydrogens is 251 g/mol. The van der Waals surface area contributed by atoms with Crippen LogP contribution in [0.1, 0.15) is 20.3 Å². The third-order valence-electron chi connectivity index (χ3n) is 1.79. The van der Waals surface area contributed by atoms with Crippen LogP contribution in [-0.4, -0.2) is 39.4 Å². The third-order valence-corrected chi connectivity index (χ3v) is 2.36. The predicted octanol–water partition coefficient (Wildman–Crippen LogP) is -0.716. The average molecular weight is 268 g/mol. The molecule has 8 nitrogen and oxygen atoms in total. The largest absolute Gasteiger partial charge is 0.480 e. The van der Waals surface area contributed by atoms with Crippen LogP contribution in [0.3, 0.4) is 0 Å². The SMILES string of the molecule is CC(C)CC(NC(=O)CNP(=O)(O)O)C(=O)O. The highest BCUT2D eigenvalue weighted by Gasteiger charge is 2.22. The molecular formula is C8H17N2O6P. The van der Waals surface area contributed by atoms with Crippen molar-refractivity contribution in [1.82, 2.24) is 10.4 Å². The van der Waals surface area contributed by atoms with Crippen LogP contribution in [0.4, 0.5) is 0 Å². The maximum absolute atomic E-state index is 11.2. The van der Waals surface area contributed by atoms with Crippen molar-refractivity contribution < 1.29 is 29.0 Å². The zero-order chi connectivity index (χ0) is 13.6. The maximum atomic E-state index is 11.2. The van der Waals surface area contributed by atoms with Gasteiger partial charge in [-0.15, -0.1) is 0 Å². The molecule has 17 heavy (non-hydrogen) atoms. The van der Waals surface area contributed by atoms with Gasteiger partial charge in [0.1, 0.15) is 6.04 Å². The molecule has 0 aromatic rings. The normalized spacial score (nSPS) is 13.5. The van der Waals surface area contributed by atoms with Gasteiger partial charge in [0.25, 0.3) is 0 Å². The van der Waals surface area contributed by atoms with Gasteiger partial charge in [0, 0.05) is 0 Å². The predicted molar refractivity (Wildman–Crippen MR) is 59.1 cm³/mol. The quantitative estimate of drug-likeness (QED) is 0.384. The Bertz CT molecular complexity index is 326. The molecule has 5 N–H and O–H groups in total. The second-order valence-electron chi connectivity index (χ2n) is 3.97. The zero-order valence-corrected chi connectivity index (χ0v) is 10.5. The number of carboxylic acid groups (broad SMARTS) is 1. The molecule has 9 heteroatoms. The molecule has 1 amide bonds. The summed E-state index contributed by atoms with van der Waals surface area (Å²) in [4.78, 5) is 38.9. The maximum Gasteiger partial charge on any atom is 0.400 e. The fourth-order valence-corrected chi connectivity index (χ4v) is 1.46. The molecule has 0 bridgehead atoms. The molecule has 0 saturated carbocycles. The van der Waals surface area contributed by atoms with Crippen LogP contribution in [0, 0.1) is 5.92 Å². The number of aliphatic carboxylic acids is 1. The summed E-state index contributed by atoms with van der Waals surface area (Å²) in [7, 11) is -4.47. The first-order valence-corrected chi connectivity index (χ1v) is 6.56. The number of amides is 1. The van der Waals surface area contributed by atoms with Crippen molar-refractivity contribution in [2.45, 2.75) is 26.3 Å². The standard InChI is InChI=1S/C8H17N2O6P/c1-5(2)3-6(8(12)13)10-7(11)4-9-17(14,15)16/h5-6H,3-4H2,1-2H3,(H,10,11)(H,12,13)(H3,9,14,15,16). The number of carboxylic acids is 1. The lowest BCUT2D eigenvalue weighted by Gasteiger charge is -2.16. The van der Waals surface area contributed by atoms with Crippen molar-refractivity contribution in [3.05, 3.63) is 0 Å². The molecule has 0 saturated heterocycles. The highest BCUT2D eigenvalue weighted by atomic mass is 31.2. The number of hydrogen-bond acceptors (Lipinski definition) is 3. The summed E-state index contributed by atoms with van der Waals surface area (Å²) in [6, 6.07) is -1.05. The van der Waals surface area contributed by atoms with Crippen LogP contribution in [0.25, 0.3) is 0 Å². The molecule has 1 atom stereocenters. The van der Waals surface area contributed by atoms with E-state index >= 15 is 0 Å². The third kappa shape index (κ3) is 8.82. The number of hydrogen-bond donors (Lipinski definition) is 5. The summed E-state index contributed by atoms with van der Waals surface area (Å²) in [6.07, 6.45) is 0.247. The van der Waals surface area contributed by atoms with Crippen molar-refractivity contribution in [3.63, 3.8) is 0 Å². The van der Waals surface area contributed by atoms with E-state index in [-0.39, 0.29) is 12.3 Å². The molecule has 0 radical (unpaired) electrons. The molecule has 1 unspecified atom stereocenters. The second-order valence-corrected chi connectivity index (χ2v) is 5.37. The summed E-state index contributed by atoms with van der Waals surface area (Å²) in [6.45, 7) is 2.97. The van der Waals surface area contributed by atoms with Gasteiger partial charge in [-0.1, -0.05) is 13.8 Å². The van der Waals surface area contributed by atoms with Gasteiger partial charge in [0.2, 0.25) is 5.91 Å². The Morgan fingerprint density at radius 1 is 1.29 bits per heavy atom. The lowest BCUT2D eigenvalue weighted by Crippen LogP contribution is -2.44. The van der Waals surface area contributed by atoms with Crippen LogP contribution in [0.15, 0.2) is 0 Å². The first-order valence-electron chi connectivity index (χ1n) is 4.94. The summed E-state index contributed by atoms with van der Waals surface area (Å²) < 4.78 is 10.4. The number of carbonyl (C=O) groups excluding carboxylic acids is 1. The molecule has 0 spiro atoms. The highest BCUT2D eigenvalue weighted by Crippen LogP contribution is 2.27. The fourth-order valence-electron chi connectivity index (χ4n) is 1.11. The number of carbonyl (C=O) groups is 2. The molecule has 0 aliphatic heterocycles. The molecule has 100 valence electrons. The molecule has 0 rings (SSSR count). The first-order chi connectivity index (χ1) is 7.61. The minimum absolute atomic E-state index is 0.0751. The van der Waals surface area contributed by atoms with E-state index in [9.17, 15) is 14.2 Å². The van der Waals surface area contributed by atoms with E-state index in [1.807, 2.05) is 0 Å². The zero-order valence-electron chi connectivity index (χ0n) is 9.58. The van der Waals surface area contributed by atoms with E-state index in [0.717, 1.165) is 0 Å². The first kappa shape index (κ1) is 16.1. The summed E-state index contributed by atoms with van der Waals surface area (Å²) in [5.74, 6) is -1.88. The van der Waals surface area contributed by atoms with Gasteiger partial charge in [-0.25, -0.2) is 14.4 Å². The molecule has 0 fully saturated rings.